The Labute approximate surface area is 168 Å². The summed E-state index contributed by atoms with van der Waals surface area (Å²) in [6.07, 6.45) is 2.56. The molecule has 1 aliphatic carbocycles. The van der Waals surface area contributed by atoms with Gasteiger partial charge in [-0.2, -0.15) is 0 Å². The maximum atomic E-state index is 13.7. The van der Waals surface area contributed by atoms with Crippen LogP contribution in [0.1, 0.15) is 45.2 Å². The summed E-state index contributed by atoms with van der Waals surface area (Å²) >= 11 is 0. The highest BCUT2D eigenvalue weighted by atomic mass is 19.1. The lowest BCUT2D eigenvalue weighted by atomic mass is 9.96. The number of nitrogens with one attached hydrogen (secondary N) is 1. The van der Waals surface area contributed by atoms with Gasteiger partial charge in [-0.25, -0.2) is 9.38 Å². The molecular weight excluding hydrogens is 375 g/mol. The second kappa shape index (κ2) is 6.86. The summed E-state index contributed by atoms with van der Waals surface area (Å²) in [5, 5.41) is 2.99. The first-order valence-corrected chi connectivity index (χ1v) is 9.76. The van der Waals surface area contributed by atoms with Gasteiger partial charge in [0.25, 0.3) is 0 Å². The molecule has 1 aromatic carbocycles. The van der Waals surface area contributed by atoms with Gasteiger partial charge in [0.15, 0.2) is 5.96 Å². The standard InChI is InChI=1S/C21H25FN4O3/c1-11-6-16(15-8-13(22)4-5-17(15)29-11)24-19(28)14-7-12(14)10-26-18(27)9-21(2,3)25-20(26)23/h4-5,7-8,11,14,16H,6,9-10H2,1-3H3,(H2,23,25)(H,24,28)/t11?,14-,16?/m1/s1. The number of hydrogen-bond donors (Lipinski definition) is 2. The quantitative estimate of drug-likeness (QED) is 0.756. The first kappa shape index (κ1) is 19.4. The van der Waals surface area contributed by atoms with E-state index in [9.17, 15) is 14.0 Å². The Bertz CT molecular complexity index is 940. The number of amides is 2. The van der Waals surface area contributed by atoms with E-state index in [2.05, 4.69) is 10.3 Å². The Balaban J connectivity index is 1.40. The van der Waals surface area contributed by atoms with Gasteiger partial charge in [0.05, 0.1) is 36.6 Å². The summed E-state index contributed by atoms with van der Waals surface area (Å²) in [5.41, 5.74) is 6.92. The SMILES string of the molecule is CC1CC(NC(=O)[C@@H]2C=C2CN2C(=O)CC(C)(C)N=C2N)c2cc(F)ccc2O1. The third kappa shape index (κ3) is 3.97. The number of nitrogens with two attached hydrogens (primary N) is 1. The Hall–Kier alpha value is -2.90. The zero-order chi connectivity index (χ0) is 20.9. The minimum atomic E-state index is -0.505. The van der Waals surface area contributed by atoms with Crippen LogP contribution in [0.3, 0.4) is 0 Å². The van der Waals surface area contributed by atoms with Crippen LogP contribution < -0.4 is 15.8 Å². The number of ether oxygens (including phenoxy) is 1. The summed E-state index contributed by atoms with van der Waals surface area (Å²) < 4.78 is 19.4. The van der Waals surface area contributed by atoms with Crippen molar-refractivity contribution in [3.05, 3.63) is 41.2 Å². The highest BCUT2D eigenvalue weighted by molar-refractivity contribution is 6.00. The van der Waals surface area contributed by atoms with Crippen molar-refractivity contribution in [1.82, 2.24) is 10.2 Å². The number of halogens is 1. The van der Waals surface area contributed by atoms with Gasteiger partial charge in [-0.3, -0.25) is 14.5 Å². The second-order valence-electron chi connectivity index (χ2n) is 8.57. The van der Waals surface area contributed by atoms with Crippen LogP contribution >= 0.6 is 0 Å². The van der Waals surface area contributed by atoms with E-state index >= 15 is 0 Å². The van der Waals surface area contributed by atoms with Gasteiger partial charge in [0.2, 0.25) is 11.8 Å². The van der Waals surface area contributed by atoms with Gasteiger partial charge in [0, 0.05) is 12.0 Å². The van der Waals surface area contributed by atoms with E-state index in [1.807, 2.05) is 26.8 Å². The van der Waals surface area contributed by atoms with Gasteiger partial charge in [-0.05, 0) is 44.5 Å². The van der Waals surface area contributed by atoms with Gasteiger partial charge in [-0.15, -0.1) is 0 Å². The molecule has 0 saturated heterocycles. The average molecular weight is 400 g/mol. The van der Waals surface area contributed by atoms with Crippen molar-refractivity contribution in [2.45, 2.75) is 51.3 Å². The fraction of sp³-hybridized carbons (Fsp3) is 0.476. The number of benzene rings is 1. The predicted molar refractivity (Wildman–Crippen MR) is 106 cm³/mol. The van der Waals surface area contributed by atoms with E-state index in [1.54, 1.807) is 6.07 Å². The molecule has 0 spiro atoms. The van der Waals surface area contributed by atoms with Crippen LogP contribution in [-0.2, 0) is 9.59 Å². The topological polar surface area (TPSA) is 97.0 Å². The van der Waals surface area contributed by atoms with Crippen LogP contribution in [0.2, 0.25) is 0 Å². The Morgan fingerprint density at radius 1 is 1.45 bits per heavy atom. The molecule has 0 radical (unpaired) electrons. The molecule has 2 unspecified atom stereocenters. The molecule has 3 aliphatic rings. The molecule has 0 bridgehead atoms. The smallest absolute Gasteiger partial charge is 0.232 e. The maximum absolute atomic E-state index is 13.7. The van der Waals surface area contributed by atoms with Gasteiger partial charge >= 0.3 is 0 Å². The summed E-state index contributed by atoms with van der Waals surface area (Å²) in [6.45, 7) is 5.89. The van der Waals surface area contributed by atoms with Crippen LogP contribution in [-0.4, -0.2) is 40.9 Å². The van der Waals surface area contributed by atoms with Crippen molar-refractivity contribution >= 4 is 17.8 Å². The molecular formula is C21H25FN4O3. The number of aliphatic imine (C=N–C) groups is 1. The normalized spacial score (nSPS) is 27.4. The summed E-state index contributed by atoms with van der Waals surface area (Å²) in [5.74, 6) is -0.258. The van der Waals surface area contributed by atoms with Crippen LogP contribution in [0.5, 0.6) is 5.75 Å². The number of carbonyl (C=O) groups is 2. The number of guanidine groups is 1. The zero-order valence-corrected chi connectivity index (χ0v) is 16.7. The molecule has 0 aromatic heterocycles. The highest BCUT2D eigenvalue weighted by Gasteiger charge is 2.39. The third-order valence-corrected chi connectivity index (χ3v) is 5.43. The number of fused-ring (bicyclic) bond motifs is 1. The first-order valence-electron chi connectivity index (χ1n) is 9.76. The molecule has 2 aliphatic heterocycles. The van der Waals surface area contributed by atoms with Crippen molar-refractivity contribution in [2.75, 3.05) is 6.54 Å². The van der Waals surface area contributed by atoms with Crippen LogP contribution in [0.15, 0.2) is 34.8 Å². The number of rotatable bonds is 4. The van der Waals surface area contributed by atoms with Crippen molar-refractivity contribution < 1.29 is 18.7 Å². The zero-order valence-electron chi connectivity index (χ0n) is 16.7. The molecule has 154 valence electrons. The molecule has 3 N–H and O–H groups in total. The minimum Gasteiger partial charge on any atom is -0.490 e. The Morgan fingerprint density at radius 3 is 2.93 bits per heavy atom. The van der Waals surface area contributed by atoms with Crippen LogP contribution in [0.25, 0.3) is 0 Å². The van der Waals surface area contributed by atoms with Gasteiger partial charge < -0.3 is 15.8 Å². The molecule has 2 heterocycles. The van der Waals surface area contributed by atoms with E-state index in [0.717, 1.165) is 5.57 Å². The van der Waals surface area contributed by atoms with E-state index in [4.69, 9.17) is 10.5 Å². The Morgan fingerprint density at radius 2 is 2.21 bits per heavy atom. The molecule has 8 heteroatoms. The molecule has 4 rings (SSSR count). The predicted octanol–water partition coefficient (Wildman–Crippen LogP) is 2.04. The average Bonchev–Trinajstić information content (AvgIpc) is 3.37. The van der Waals surface area contributed by atoms with Crippen molar-refractivity contribution in [3.8, 4) is 5.75 Å². The lowest BCUT2D eigenvalue weighted by molar-refractivity contribution is -0.129. The van der Waals surface area contributed by atoms with E-state index < -0.39 is 5.54 Å². The summed E-state index contributed by atoms with van der Waals surface area (Å²) in [4.78, 5) is 30.9. The third-order valence-electron chi connectivity index (χ3n) is 5.43. The fourth-order valence-corrected chi connectivity index (χ4v) is 3.94. The molecule has 7 nitrogen and oxygen atoms in total. The maximum Gasteiger partial charge on any atom is 0.232 e. The highest BCUT2D eigenvalue weighted by Crippen LogP contribution is 2.37. The van der Waals surface area contributed by atoms with E-state index in [1.165, 1.54) is 17.0 Å². The first-order chi connectivity index (χ1) is 13.6. The monoisotopic (exact) mass is 400 g/mol. The van der Waals surface area contributed by atoms with Gasteiger partial charge in [0.1, 0.15) is 11.6 Å². The molecule has 0 saturated carbocycles. The fourth-order valence-electron chi connectivity index (χ4n) is 3.94. The van der Waals surface area contributed by atoms with Crippen molar-refractivity contribution in [2.24, 2.45) is 16.6 Å². The molecule has 29 heavy (non-hydrogen) atoms. The lowest BCUT2D eigenvalue weighted by Gasteiger charge is -2.32. The molecule has 1 aromatic rings. The van der Waals surface area contributed by atoms with E-state index in [0.29, 0.717) is 17.7 Å². The molecule has 0 fully saturated rings. The number of carbonyl (C=O) groups excluding carboxylic acids is 2. The lowest BCUT2D eigenvalue weighted by Crippen LogP contribution is -2.50. The van der Waals surface area contributed by atoms with Crippen LogP contribution in [0.4, 0.5) is 4.39 Å². The number of hydrogen-bond acceptors (Lipinski definition) is 5. The second-order valence-corrected chi connectivity index (χ2v) is 8.57. The van der Waals surface area contributed by atoms with Crippen molar-refractivity contribution in [3.63, 3.8) is 0 Å². The van der Waals surface area contributed by atoms with Crippen molar-refractivity contribution in [1.29, 1.82) is 0 Å². The van der Waals surface area contributed by atoms with Gasteiger partial charge in [-0.1, -0.05) is 6.08 Å². The molecule has 3 atom stereocenters. The minimum absolute atomic E-state index is 0.0878. The Kier molecular flexibility index (Phi) is 4.59. The van der Waals surface area contributed by atoms with E-state index in [-0.39, 0.29) is 54.6 Å². The number of nitrogens with zero attached hydrogens (tertiary/aromatic N) is 2. The van der Waals surface area contributed by atoms with Crippen LogP contribution in [0, 0.1) is 11.7 Å². The largest absolute Gasteiger partial charge is 0.490 e. The summed E-state index contributed by atoms with van der Waals surface area (Å²) in [7, 11) is 0. The summed E-state index contributed by atoms with van der Waals surface area (Å²) in [6, 6.07) is 4.01. The molecule has 2 amide bonds.